The fourth-order valence-corrected chi connectivity index (χ4v) is 2.92. The van der Waals surface area contributed by atoms with E-state index < -0.39 is 5.54 Å². The van der Waals surface area contributed by atoms with Gasteiger partial charge in [0.1, 0.15) is 5.54 Å². The van der Waals surface area contributed by atoms with Gasteiger partial charge in [0.2, 0.25) is 11.8 Å². The molecule has 1 unspecified atom stereocenters. The fourth-order valence-electron chi connectivity index (χ4n) is 2.92. The number of benzene rings is 1. The van der Waals surface area contributed by atoms with Crippen LogP contribution in [0.4, 0.5) is 11.4 Å². The third kappa shape index (κ3) is 4.11. The lowest BCUT2D eigenvalue weighted by atomic mass is 9.90. The van der Waals surface area contributed by atoms with Crippen molar-refractivity contribution >= 4 is 23.2 Å². The highest BCUT2D eigenvalue weighted by Crippen LogP contribution is 2.32. The highest BCUT2D eigenvalue weighted by atomic mass is 16.2. The van der Waals surface area contributed by atoms with Gasteiger partial charge in [-0.15, -0.1) is 0 Å². The molecule has 1 aliphatic heterocycles. The molecule has 134 valence electrons. The van der Waals surface area contributed by atoms with Crippen LogP contribution in [-0.4, -0.2) is 37.0 Å². The first-order valence-electron chi connectivity index (χ1n) is 8.63. The molecule has 0 radical (unpaired) electrons. The zero-order valence-electron chi connectivity index (χ0n) is 15.4. The molecule has 0 fully saturated rings. The number of amides is 2. The van der Waals surface area contributed by atoms with E-state index in [1.54, 1.807) is 18.7 Å². The van der Waals surface area contributed by atoms with Gasteiger partial charge < -0.3 is 15.1 Å². The third-order valence-electron chi connectivity index (χ3n) is 4.82. The maximum absolute atomic E-state index is 12.5. The number of nitriles is 1. The lowest BCUT2D eigenvalue weighted by Crippen LogP contribution is -2.52. The highest BCUT2D eigenvalue weighted by Gasteiger charge is 2.31. The predicted octanol–water partition coefficient (Wildman–Crippen LogP) is 2.30. The van der Waals surface area contributed by atoms with E-state index in [4.69, 9.17) is 0 Å². The minimum absolute atomic E-state index is 0.00406. The summed E-state index contributed by atoms with van der Waals surface area (Å²) in [5.41, 5.74) is 0.800. The number of rotatable bonds is 4. The molecular formula is C19H26N4O2. The van der Waals surface area contributed by atoms with Gasteiger partial charge in [-0.1, -0.05) is 26.0 Å². The molecule has 1 aromatic carbocycles. The summed E-state index contributed by atoms with van der Waals surface area (Å²) in [4.78, 5) is 28.2. The van der Waals surface area contributed by atoms with E-state index in [1.165, 1.54) is 0 Å². The molecule has 1 aliphatic rings. The Kier molecular flexibility index (Phi) is 5.68. The standard InChI is InChI=1S/C19H26N4O2/c1-14(2)19(4,13-20)21-18(25)12-22-10-7-11-23(15(3)24)17-9-6-5-8-16(17)22/h5-6,8-9,14H,7,10-12H2,1-4H3,(H,21,25). The second kappa shape index (κ2) is 7.56. The van der Waals surface area contributed by atoms with Gasteiger partial charge in [0.15, 0.2) is 0 Å². The number of carbonyl (C=O) groups is 2. The number of carbonyl (C=O) groups excluding carboxylic acids is 2. The zero-order valence-corrected chi connectivity index (χ0v) is 15.4. The van der Waals surface area contributed by atoms with Crippen LogP contribution < -0.4 is 15.1 Å². The Morgan fingerprint density at radius 2 is 1.92 bits per heavy atom. The first kappa shape index (κ1) is 18.8. The Morgan fingerprint density at radius 3 is 2.48 bits per heavy atom. The number of hydrogen-bond donors (Lipinski definition) is 1. The largest absolute Gasteiger partial charge is 0.360 e. The number of anilines is 2. The smallest absolute Gasteiger partial charge is 0.240 e. The summed E-state index contributed by atoms with van der Waals surface area (Å²) in [5.74, 6) is -0.189. The molecule has 2 amide bonds. The van der Waals surface area contributed by atoms with E-state index in [0.717, 1.165) is 17.8 Å². The quantitative estimate of drug-likeness (QED) is 0.911. The summed E-state index contributed by atoms with van der Waals surface area (Å²) >= 11 is 0. The highest BCUT2D eigenvalue weighted by molar-refractivity contribution is 5.96. The number of nitrogens with one attached hydrogen (secondary N) is 1. The average Bonchev–Trinajstić information content (AvgIpc) is 2.74. The Labute approximate surface area is 149 Å². The van der Waals surface area contributed by atoms with Crippen LogP contribution in [0.2, 0.25) is 0 Å². The first-order chi connectivity index (χ1) is 11.8. The molecule has 6 heteroatoms. The molecule has 1 aromatic rings. The van der Waals surface area contributed by atoms with Crippen molar-refractivity contribution in [3.8, 4) is 6.07 Å². The Hall–Kier alpha value is -2.55. The van der Waals surface area contributed by atoms with Crippen molar-refractivity contribution in [1.29, 1.82) is 5.26 Å². The van der Waals surface area contributed by atoms with Gasteiger partial charge in [-0.2, -0.15) is 5.26 Å². The molecule has 0 saturated heterocycles. The summed E-state index contributed by atoms with van der Waals surface area (Å²) in [5, 5.41) is 12.2. The van der Waals surface area contributed by atoms with E-state index in [9.17, 15) is 14.9 Å². The Bertz CT molecular complexity index is 695. The molecule has 0 saturated carbocycles. The van der Waals surface area contributed by atoms with E-state index in [-0.39, 0.29) is 24.3 Å². The van der Waals surface area contributed by atoms with Crippen molar-refractivity contribution in [3.63, 3.8) is 0 Å². The zero-order chi connectivity index (χ0) is 18.6. The lowest BCUT2D eigenvalue weighted by molar-refractivity contribution is -0.121. The van der Waals surface area contributed by atoms with Gasteiger partial charge in [-0.25, -0.2) is 0 Å². The summed E-state index contributed by atoms with van der Waals surface area (Å²) in [6.45, 7) is 8.59. The van der Waals surface area contributed by atoms with Crippen LogP contribution in [0, 0.1) is 17.2 Å². The summed E-state index contributed by atoms with van der Waals surface area (Å²) in [7, 11) is 0. The second-order valence-corrected chi connectivity index (χ2v) is 6.95. The van der Waals surface area contributed by atoms with Crippen LogP contribution in [-0.2, 0) is 9.59 Å². The molecule has 0 spiro atoms. The van der Waals surface area contributed by atoms with Crippen molar-refractivity contribution in [1.82, 2.24) is 5.32 Å². The van der Waals surface area contributed by atoms with E-state index in [1.807, 2.05) is 43.0 Å². The van der Waals surface area contributed by atoms with Gasteiger partial charge in [-0.05, 0) is 31.4 Å². The fraction of sp³-hybridized carbons (Fsp3) is 0.526. The molecule has 0 aliphatic carbocycles. The first-order valence-corrected chi connectivity index (χ1v) is 8.63. The monoisotopic (exact) mass is 342 g/mol. The SMILES string of the molecule is CC(=O)N1CCCN(CC(=O)NC(C)(C#N)C(C)C)c2ccccc21. The predicted molar refractivity (Wildman–Crippen MR) is 98.3 cm³/mol. The molecule has 1 N–H and O–H groups in total. The van der Waals surface area contributed by atoms with E-state index in [0.29, 0.717) is 13.1 Å². The van der Waals surface area contributed by atoms with Gasteiger partial charge in [0, 0.05) is 20.0 Å². The van der Waals surface area contributed by atoms with Crippen molar-refractivity contribution in [2.45, 2.75) is 39.7 Å². The summed E-state index contributed by atoms with van der Waals surface area (Å²) in [6.07, 6.45) is 0.779. The lowest BCUT2D eigenvalue weighted by Gasteiger charge is -2.30. The minimum Gasteiger partial charge on any atom is -0.360 e. The van der Waals surface area contributed by atoms with Crippen LogP contribution in [0.5, 0.6) is 0 Å². The molecule has 1 atom stereocenters. The topological polar surface area (TPSA) is 76.4 Å². The average molecular weight is 342 g/mol. The maximum Gasteiger partial charge on any atom is 0.240 e. The normalized spacial score (nSPS) is 16.5. The minimum atomic E-state index is -0.895. The molecule has 2 rings (SSSR count). The molecule has 6 nitrogen and oxygen atoms in total. The molecule has 0 bridgehead atoms. The van der Waals surface area contributed by atoms with Crippen LogP contribution in [0.15, 0.2) is 24.3 Å². The second-order valence-electron chi connectivity index (χ2n) is 6.95. The molecule has 25 heavy (non-hydrogen) atoms. The number of nitrogens with zero attached hydrogens (tertiary/aromatic N) is 3. The van der Waals surface area contributed by atoms with Crippen molar-refractivity contribution in [2.24, 2.45) is 5.92 Å². The van der Waals surface area contributed by atoms with Gasteiger partial charge in [-0.3, -0.25) is 9.59 Å². The van der Waals surface area contributed by atoms with Gasteiger partial charge >= 0.3 is 0 Å². The number of hydrogen-bond acceptors (Lipinski definition) is 4. The van der Waals surface area contributed by atoms with Gasteiger partial charge in [0.25, 0.3) is 0 Å². The van der Waals surface area contributed by atoms with Crippen LogP contribution in [0.1, 0.15) is 34.1 Å². The molecule has 0 aromatic heterocycles. The van der Waals surface area contributed by atoms with Crippen LogP contribution in [0.3, 0.4) is 0 Å². The summed E-state index contributed by atoms with van der Waals surface area (Å²) < 4.78 is 0. The molecule has 1 heterocycles. The van der Waals surface area contributed by atoms with E-state index >= 15 is 0 Å². The Balaban J connectivity index is 2.22. The van der Waals surface area contributed by atoms with Gasteiger partial charge in [0.05, 0.1) is 24.0 Å². The maximum atomic E-state index is 12.5. The van der Waals surface area contributed by atoms with Crippen LogP contribution >= 0.6 is 0 Å². The van der Waals surface area contributed by atoms with Crippen LogP contribution in [0.25, 0.3) is 0 Å². The number of para-hydroxylation sites is 2. The number of fused-ring (bicyclic) bond motifs is 1. The van der Waals surface area contributed by atoms with Crippen molar-refractivity contribution in [2.75, 3.05) is 29.4 Å². The van der Waals surface area contributed by atoms with E-state index in [2.05, 4.69) is 11.4 Å². The third-order valence-corrected chi connectivity index (χ3v) is 4.82. The summed E-state index contributed by atoms with van der Waals surface area (Å²) in [6, 6.07) is 9.82. The molecular weight excluding hydrogens is 316 g/mol. The van der Waals surface area contributed by atoms with Crippen molar-refractivity contribution < 1.29 is 9.59 Å². The Morgan fingerprint density at radius 1 is 1.28 bits per heavy atom. The van der Waals surface area contributed by atoms with Crippen molar-refractivity contribution in [3.05, 3.63) is 24.3 Å².